The number of amides is 1. The lowest BCUT2D eigenvalue weighted by Gasteiger charge is -2.34. The molecule has 0 N–H and O–H groups in total. The van der Waals surface area contributed by atoms with Crippen molar-refractivity contribution in [2.75, 3.05) is 13.2 Å². The Morgan fingerprint density at radius 2 is 2.10 bits per heavy atom. The molecule has 0 fully saturated rings. The highest BCUT2D eigenvalue weighted by molar-refractivity contribution is 5.98. The fourth-order valence-electron chi connectivity index (χ4n) is 2.49. The molecule has 0 aliphatic carbocycles. The molecule has 0 saturated heterocycles. The molecule has 1 amide bonds. The molecule has 1 aromatic rings. The van der Waals surface area contributed by atoms with Gasteiger partial charge in [-0.25, -0.2) is 0 Å². The van der Waals surface area contributed by atoms with Crippen LogP contribution in [0.2, 0.25) is 0 Å². The summed E-state index contributed by atoms with van der Waals surface area (Å²) in [6.07, 6.45) is 1.66. The molecule has 1 aliphatic heterocycles. The minimum absolute atomic E-state index is 0.199. The van der Waals surface area contributed by atoms with Gasteiger partial charge >= 0.3 is 5.97 Å². The second kappa shape index (κ2) is 5.83. The number of hydrogen-bond donors (Lipinski definition) is 0. The standard InChI is InChI=1S/C14H22N4O3/c1-5-21-13(20)11(14(2,3)4)12(19)17-6-7-18-9-15-16-10(18)8-17/h9,11H,5-8H2,1-4H3. The summed E-state index contributed by atoms with van der Waals surface area (Å²) in [5.41, 5.74) is -0.492. The van der Waals surface area contributed by atoms with E-state index in [-0.39, 0.29) is 12.5 Å². The smallest absolute Gasteiger partial charge is 0.319 e. The zero-order valence-corrected chi connectivity index (χ0v) is 13.0. The Morgan fingerprint density at radius 3 is 2.71 bits per heavy atom. The predicted octanol–water partition coefficient (Wildman–Crippen LogP) is 0.846. The summed E-state index contributed by atoms with van der Waals surface area (Å²) in [6.45, 7) is 9.21. The lowest BCUT2D eigenvalue weighted by atomic mass is 9.79. The molecule has 1 unspecified atom stereocenters. The lowest BCUT2D eigenvalue weighted by Crippen LogP contribution is -2.48. The van der Waals surface area contributed by atoms with Gasteiger partial charge in [-0.2, -0.15) is 0 Å². The Labute approximate surface area is 124 Å². The summed E-state index contributed by atoms with van der Waals surface area (Å²) >= 11 is 0. The first-order valence-corrected chi connectivity index (χ1v) is 7.16. The number of carbonyl (C=O) groups excluding carboxylic acids is 2. The number of aromatic nitrogens is 3. The molecule has 1 atom stereocenters. The molecular formula is C14H22N4O3. The highest BCUT2D eigenvalue weighted by Gasteiger charge is 2.42. The molecule has 0 aromatic carbocycles. The second-order valence-corrected chi connectivity index (χ2v) is 6.25. The van der Waals surface area contributed by atoms with Crippen molar-refractivity contribution in [3.8, 4) is 0 Å². The minimum Gasteiger partial charge on any atom is -0.465 e. The number of nitrogens with zero attached hydrogens (tertiary/aromatic N) is 4. The van der Waals surface area contributed by atoms with Crippen molar-refractivity contribution in [3.63, 3.8) is 0 Å². The predicted molar refractivity (Wildman–Crippen MR) is 75.0 cm³/mol. The van der Waals surface area contributed by atoms with Crippen molar-refractivity contribution in [2.45, 2.75) is 40.8 Å². The van der Waals surface area contributed by atoms with Crippen molar-refractivity contribution >= 4 is 11.9 Å². The molecule has 116 valence electrons. The van der Waals surface area contributed by atoms with Gasteiger partial charge in [0.25, 0.3) is 0 Å². The molecule has 0 bridgehead atoms. The van der Waals surface area contributed by atoms with Crippen LogP contribution in [0.4, 0.5) is 0 Å². The molecule has 0 saturated carbocycles. The molecule has 21 heavy (non-hydrogen) atoms. The van der Waals surface area contributed by atoms with Crippen LogP contribution in [0.15, 0.2) is 6.33 Å². The Kier molecular flexibility index (Phi) is 4.29. The van der Waals surface area contributed by atoms with Gasteiger partial charge in [-0.3, -0.25) is 9.59 Å². The van der Waals surface area contributed by atoms with Crippen LogP contribution >= 0.6 is 0 Å². The van der Waals surface area contributed by atoms with E-state index in [1.54, 1.807) is 18.2 Å². The molecule has 0 spiro atoms. The fraction of sp³-hybridized carbons (Fsp3) is 0.714. The van der Waals surface area contributed by atoms with E-state index in [0.29, 0.717) is 19.6 Å². The average Bonchev–Trinajstić information content (AvgIpc) is 2.84. The maximum absolute atomic E-state index is 12.8. The molecule has 2 heterocycles. The van der Waals surface area contributed by atoms with E-state index in [1.165, 1.54) is 0 Å². The van der Waals surface area contributed by atoms with Gasteiger partial charge in [0.05, 0.1) is 13.2 Å². The summed E-state index contributed by atoms with van der Waals surface area (Å²) in [5, 5.41) is 7.83. The van der Waals surface area contributed by atoms with Crippen LogP contribution in [-0.2, 0) is 27.4 Å². The Morgan fingerprint density at radius 1 is 1.38 bits per heavy atom. The molecule has 2 rings (SSSR count). The van der Waals surface area contributed by atoms with Crippen molar-refractivity contribution in [3.05, 3.63) is 12.2 Å². The van der Waals surface area contributed by atoms with Crippen molar-refractivity contribution < 1.29 is 14.3 Å². The van der Waals surface area contributed by atoms with Gasteiger partial charge in [-0.05, 0) is 12.3 Å². The first-order valence-electron chi connectivity index (χ1n) is 7.16. The summed E-state index contributed by atoms with van der Waals surface area (Å²) in [6, 6.07) is 0. The number of ether oxygens (including phenoxy) is 1. The molecule has 1 aromatic heterocycles. The maximum Gasteiger partial charge on any atom is 0.319 e. The van der Waals surface area contributed by atoms with Crippen LogP contribution < -0.4 is 0 Å². The largest absolute Gasteiger partial charge is 0.465 e. The second-order valence-electron chi connectivity index (χ2n) is 6.25. The van der Waals surface area contributed by atoms with Gasteiger partial charge in [-0.15, -0.1) is 10.2 Å². The molecule has 0 radical (unpaired) electrons. The summed E-state index contributed by atoms with van der Waals surface area (Å²) in [5.74, 6) is -0.713. The lowest BCUT2D eigenvalue weighted by molar-refractivity contribution is -0.161. The summed E-state index contributed by atoms with van der Waals surface area (Å²) in [7, 11) is 0. The number of fused-ring (bicyclic) bond motifs is 1. The zero-order chi connectivity index (χ0) is 15.6. The molecular weight excluding hydrogens is 272 g/mol. The normalized spacial score (nSPS) is 16.3. The van der Waals surface area contributed by atoms with Crippen molar-refractivity contribution in [2.24, 2.45) is 11.3 Å². The first-order chi connectivity index (χ1) is 9.84. The van der Waals surface area contributed by atoms with Gasteiger partial charge in [0.15, 0.2) is 5.82 Å². The maximum atomic E-state index is 12.8. The van der Waals surface area contributed by atoms with Gasteiger partial charge in [-0.1, -0.05) is 20.8 Å². The Bertz CT molecular complexity index is 533. The topological polar surface area (TPSA) is 77.3 Å². The highest BCUT2D eigenvalue weighted by Crippen LogP contribution is 2.30. The van der Waals surface area contributed by atoms with Gasteiger partial charge in [0, 0.05) is 13.1 Å². The van der Waals surface area contributed by atoms with Gasteiger partial charge < -0.3 is 14.2 Å². The van der Waals surface area contributed by atoms with E-state index in [2.05, 4.69) is 10.2 Å². The Hall–Kier alpha value is -1.92. The van der Waals surface area contributed by atoms with Crippen LogP contribution in [0.1, 0.15) is 33.5 Å². The minimum atomic E-state index is -0.799. The molecule has 1 aliphatic rings. The van der Waals surface area contributed by atoms with E-state index in [1.807, 2.05) is 25.3 Å². The third kappa shape index (κ3) is 3.22. The van der Waals surface area contributed by atoms with E-state index in [0.717, 1.165) is 5.82 Å². The van der Waals surface area contributed by atoms with Crippen molar-refractivity contribution in [1.29, 1.82) is 0 Å². The summed E-state index contributed by atoms with van der Waals surface area (Å²) < 4.78 is 6.99. The summed E-state index contributed by atoms with van der Waals surface area (Å²) in [4.78, 5) is 26.6. The van der Waals surface area contributed by atoms with Crippen LogP contribution in [0, 0.1) is 11.3 Å². The monoisotopic (exact) mass is 294 g/mol. The Balaban J connectivity index is 2.18. The molecule has 7 nitrogen and oxygen atoms in total. The third-order valence-electron chi connectivity index (χ3n) is 3.59. The third-order valence-corrected chi connectivity index (χ3v) is 3.59. The number of rotatable bonds is 3. The van der Waals surface area contributed by atoms with Crippen LogP contribution in [-0.4, -0.2) is 44.7 Å². The van der Waals surface area contributed by atoms with E-state index in [4.69, 9.17) is 4.74 Å². The highest BCUT2D eigenvalue weighted by atomic mass is 16.5. The van der Waals surface area contributed by atoms with E-state index < -0.39 is 17.3 Å². The first kappa shape index (κ1) is 15.5. The zero-order valence-electron chi connectivity index (χ0n) is 13.0. The quantitative estimate of drug-likeness (QED) is 0.610. The van der Waals surface area contributed by atoms with Gasteiger partial charge in [0.2, 0.25) is 5.91 Å². The van der Waals surface area contributed by atoms with Crippen LogP contribution in [0.25, 0.3) is 0 Å². The SMILES string of the molecule is CCOC(=O)C(C(=O)N1CCn2cnnc2C1)C(C)(C)C. The number of esters is 1. The van der Waals surface area contributed by atoms with Gasteiger partial charge in [0.1, 0.15) is 12.2 Å². The van der Waals surface area contributed by atoms with Crippen LogP contribution in [0.5, 0.6) is 0 Å². The average molecular weight is 294 g/mol. The van der Waals surface area contributed by atoms with Crippen molar-refractivity contribution in [1.82, 2.24) is 19.7 Å². The molecule has 7 heteroatoms. The number of hydrogen-bond acceptors (Lipinski definition) is 5. The fourth-order valence-corrected chi connectivity index (χ4v) is 2.49. The van der Waals surface area contributed by atoms with E-state index >= 15 is 0 Å². The van der Waals surface area contributed by atoms with Crippen LogP contribution in [0.3, 0.4) is 0 Å². The number of carbonyl (C=O) groups is 2. The van der Waals surface area contributed by atoms with E-state index in [9.17, 15) is 9.59 Å².